The van der Waals surface area contributed by atoms with E-state index in [0.717, 1.165) is 27.8 Å². The summed E-state index contributed by atoms with van der Waals surface area (Å²) in [7, 11) is 0. The van der Waals surface area contributed by atoms with E-state index < -0.39 is 96.4 Å². The van der Waals surface area contributed by atoms with Crippen LogP contribution < -0.4 is 0 Å². The molecule has 8 aromatic rings. The molecule has 0 fully saturated rings. The molecule has 0 amide bonds. The van der Waals surface area contributed by atoms with Crippen LogP contribution in [0, 0.1) is 19.9 Å². The quantitative estimate of drug-likeness (QED) is 0.162. The minimum atomic E-state index is -3.93. The van der Waals surface area contributed by atoms with Crippen molar-refractivity contribution in [3.8, 4) is 67.5 Å². The Hall–Kier alpha value is -5.57. The van der Waals surface area contributed by atoms with Crippen molar-refractivity contribution in [2.75, 3.05) is 0 Å². The van der Waals surface area contributed by atoms with Crippen LogP contribution in [-0.2, 0) is 37.3 Å². The minimum Gasteiger partial charge on any atom is -0.507 e. The van der Waals surface area contributed by atoms with Gasteiger partial charge in [0.1, 0.15) is 11.6 Å². The van der Waals surface area contributed by atoms with E-state index in [2.05, 4.69) is 44.0 Å². The summed E-state index contributed by atoms with van der Waals surface area (Å²) in [5.74, 6) is -0.678. The van der Waals surface area contributed by atoms with Gasteiger partial charge < -0.3 is 5.11 Å². The zero-order valence-corrected chi connectivity index (χ0v) is 40.0. The van der Waals surface area contributed by atoms with Gasteiger partial charge in [-0.15, -0.1) is 29.3 Å². The third-order valence-corrected chi connectivity index (χ3v) is 11.3. The predicted octanol–water partition coefficient (Wildman–Crippen LogP) is 15.9. The van der Waals surface area contributed by atoms with Crippen LogP contribution >= 0.6 is 0 Å². The average molecular weight is 1040 g/mol. The molecule has 0 saturated heterocycles. The molecule has 2 heterocycles. The first-order chi connectivity index (χ1) is 36.7. The molecule has 5 heteroatoms. The second kappa shape index (κ2) is 17.4. The molecule has 0 spiro atoms. The van der Waals surface area contributed by atoms with E-state index in [0.29, 0.717) is 50.4 Å². The Balaban J connectivity index is 0.00000946. The maximum absolute atomic E-state index is 11.9. The molecule has 1 N–H and O–H groups in total. The Morgan fingerprint density at radius 3 is 2.09 bits per heavy atom. The molecule has 0 saturated carbocycles. The molecule has 0 radical (unpaired) electrons. The van der Waals surface area contributed by atoms with E-state index in [4.69, 9.17) is 25.5 Å². The third-order valence-electron chi connectivity index (χ3n) is 11.3. The topological polar surface area (TPSA) is 50.9 Å². The van der Waals surface area contributed by atoms with E-state index in [1.165, 1.54) is 0 Å². The summed E-state index contributed by atoms with van der Waals surface area (Å²) in [6.45, 7) is 7.95. The van der Waals surface area contributed by atoms with E-state index in [-0.39, 0.29) is 43.5 Å². The van der Waals surface area contributed by atoms with Crippen LogP contribution in [0.1, 0.15) is 139 Å². The number of aromatic hydroxyl groups is 1. The number of phenolic OH excluding ortho intramolecular Hbond substituents is 1. The summed E-state index contributed by atoms with van der Waals surface area (Å²) in [5.41, 5.74) is 1.42. The monoisotopic (exact) mass is 1040 g/mol. The number of rotatable bonds is 7. The molecule has 4 nitrogen and oxygen atoms in total. The summed E-state index contributed by atoms with van der Waals surface area (Å²) in [5, 5.41) is 11.9. The number of phenols is 1. The van der Waals surface area contributed by atoms with Gasteiger partial charge in [0.2, 0.25) is 0 Å². The van der Waals surface area contributed by atoms with Gasteiger partial charge >= 0.3 is 0 Å². The summed E-state index contributed by atoms with van der Waals surface area (Å²) in [6.07, 6.45) is -0.758. The predicted molar refractivity (Wildman–Crippen MR) is 266 cm³/mol. The van der Waals surface area contributed by atoms with Crippen LogP contribution in [0.3, 0.4) is 0 Å². The zero-order chi connectivity index (χ0) is 59.7. The Morgan fingerprint density at radius 1 is 0.703 bits per heavy atom. The molecule has 8 rings (SSSR count). The van der Waals surface area contributed by atoms with Gasteiger partial charge in [-0.1, -0.05) is 166 Å². The molecular formula is C59H62N3OPt-. The number of hydrogen-bond donors (Lipinski definition) is 1. The second-order valence-electron chi connectivity index (χ2n) is 18.6. The maximum atomic E-state index is 11.9. The van der Waals surface area contributed by atoms with Crippen molar-refractivity contribution in [1.29, 1.82) is 0 Å². The van der Waals surface area contributed by atoms with Gasteiger partial charge in [-0.05, 0) is 116 Å². The van der Waals surface area contributed by atoms with Gasteiger partial charge in [0.15, 0.2) is 0 Å². The van der Waals surface area contributed by atoms with Crippen LogP contribution in [0.2, 0.25) is 0 Å². The Kier molecular flexibility index (Phi) is 7.91. The van der Waals surface area contributed by atoms with Crippen molar-refractivity contribution < 1.29 is 49.5 Å². The number of pyridine rings is 1. The third kappa shape index (κ3) is 9.05. The first-order valence-corrected chi connectivity index (χ1v) is 20.9. The fourth-order valence-electron chi connectivity index (χ4n) is 8.05. The SMILES string of the molecule is [2H]c1nc(-c2[c-]c(-c3cccc4c3nc(-c3cc(C)cc(C)c3O)n4-c3ccc(-c4ccccc4C(C)(C)C)c(C([2H])(C)C)c3)cc(C(C)(C)C)c2)c([2H])c(-c2c([2H])c([2H])c(C(C([2H])([2H])[2H])(C([2H])([2H])[2H])C([2H])([2H])[2H])c([2H])c2[2H])c1[2H].[Pt]. The van der Waals surface area contributed by atoms with Crippen molar-refractivity contribution in [3.05, 3.63) is 167 Å². The van der Waals surface area contributed by atoms with Gasteiger partial charge in [-0.2, -0.15) is 0 Å². The molecule has 0 aliphatic carbocycles. The maximum Gasteiger partial charge on any atom is 0.148 e. The number of aryl methyl sites for hydroxylation is 2. The van der Waals surface area contributed by atoms with Crippen LogP contribution in [0.25, 0.3) is 72.7 Å². The fraction of sp³-hybridized carbons (Fsp3) is 0.288. The van der Waals surface area contributed by atoms with Crippen LogP contribution in [0.4, 0.5) is 0 Å². The van der Waals surface area contributed by atoms with Crippen molar-refractivity contribution in [1.82, 2.24) is 14.5 Å². The molecule has 0 bridgehead atoms. The number of imidazole rings is 1. The van der Waals surface area contributed by atoms with Gasteiger partial charge in [0.05, 0.1) is 26.2 Å². The van der Waals surface area contributed by atoms with Gasteiger partial charge in [-0.3, -0.25) is 9.55 Å². The fourth-order valence-corrected chi connectivity index (χ4v) is 8.05. The number of aromatic nitrogens is 3. The Labute approximate surface area is 420 Å². The van der Waals surface area contributed by atoms with E-state index in [9.17, 15) is 7.85 Å². The Bertz CT molecular complexity index is 3750. The average Bonchev–Trinajstić information content (AvgIpc) is 3.89. The van der Waals surface area contributed by atoms with Gasteiger partial charge in [-0.25, -0.2) is 4.98 Å². The molecular weight excluding hydrogens is 962 g/mol. The number of fused-ring (bicyclic) bond motifs is 1. The molecule has 6 aromatic carbocycles. The first kappa shape index (κ1) is 29.1. The number of benzene rings is 6. The van der Waals surface area contributed by atoms with E-state index in [1.807, 2.05) is 120 Å². The minimum absolute atomic E-state index is 0. The summed E-state index contributed by atoms with van der Waals surface area (Å²) in [6, 6.07) is 24.1. The van der Waals surface area contributed by atoms with Crippen molar-refractivity contribution in [2.45, 2.75) is 112 Å². The Morgan fingerprint density at radius 2 is 1.41 bits per heavy atom. The van der Waals surface area contributed by atoms with Crippen molar-refractivity contribution >= 4 is 11.0 Å². The zero-order valence-electron chi connectivity index (χ0n) is 54.7. The first-order valence-electron chi connectivity index (χ1n) is 29.4. The molecule has 0 unspecified atom stereocenters. The van der Waals surface area contributed by atoms with Crippen molar-refractivity contribution in [3.63, 3.8) is 0 Å². The van der Waals surface area contributed by atoms with E-state index in [1.54, 1.807) is 6.07 Å². The largest absolute Gasteiger partial charge is 0.507 e. The van der Waals surface area contributed by atoms with Gasteiger partial charge in [0.25, 0.3) is 0 Å². The normalized spacial score (nSPS) is 16.8. The molecule has 330 valence electrons. The molecule has 64 heavy (non-hydrogen) atoms. The summed E-state index contributed by atoms with van der Waals surface area (Å²) >= 11 is 0. The summed E-state index contributed by atoms with van der Waals surface area (Å²) in [4.78, 5) is 9.70. The van der Waals surface area contributed by atoms with Crippen LogP contribution in [0.5, 0.6) is 5.75 Å². The molecule has 0 aliphatic heterocycles. The van der Waals surface area contributed by atoms with Crippen molar-refractivity contribution in [2.24, 2.45) is 0 Å². The van der Waals surface area contributed by atoms with Crippen LogP contribution in [-0.4, -0.2) is 19.6 Å². The summed E-state index contributed by atoms with van der Waals surface area (Å²) < 4.78 is 150. The molecule has 0 atom stereocenters. The second-order valence-corrected chi connectivity index (χ2v) is 18.6. The number of para-hydroxylation sites is 1. The number of hydrogen-bond acceptors (Lipinski definition) is 3. The smallest absolute Gasteiger partial charge is 0.148 e. The van der Waals surface area contributed by atoms with Gasteiger partial charge in [0, 0.05) is 52.3 Å². The van der Waals surface area contributed by atoms with Crippen LogP contribution in [0.15, 0.2) is 127 Å². The standard InChI is InChI=1S/C59H62N3O.Pt/c1-36(2)49-35-45(25-26-47(49)48-17-14-15-19-51(48)59(11,12)13)62-53-20-16-18-46(54(53)61-56(62)50-30-37(3)29-38(4)55(50)63)41-31-42(33-44(32-41)58(8,9)10)52-34-40(27-28-60-52)39-21-23-43(24-22-39)57(5,6)7;/h14-30,32-36,63H,1-13H3;/q-1;/i5D3,6D3,7D3,21D,22D,23D,24D,27D,28D,34D,36D;. The molecule has 2 aromatic heterocycles. The molecule has 0 aliphatic rings. The number of nitrogens with zero attached hydrogens (tertiary/aromatic N) is 3. The van der Waals surface area contributed by atoms with E-state index >= 15 is 0 Å².